The molecule has 1 aromatic carbocycles. The third-order valence-electron chi connectivity index (χ3n) is 2.59. The molecule has 1 amide bonds. The first kappa shape index (κ1) is 14.7. The first-order chi connectivity index (χ1) is 8.47. The van der Waals surface area contributed by atoms with Crippen molar-refractivity contribution in [2.24, 2.45) is 5.92 Å². The van der Waals surface area contributed by atoms with E-state index >= 15 is 0 Å². The van der Waals surface area contributed by atoms with Gasteiger partial charge >= 0.3 is 0 Å². The molecule has 0 spiro atoms. The number of carbonyl (C=O) groups is 1. The fourth-order valence-corrected chi connectivity index (χ4v) is 1.86. The van der Waals surface area contributed by atoms with Gasteiger partial charge in [-0.1, -0.05) is 19.9 Å². The number of carbonyl (C=O) groups excluding carboxylic acids is 1. The molecule has 0 aliphatic rings. The number of rotatable bonds is 6. The van der Waals surface area contributed by atoms with Crippen LogP contribution >= 0.6 is 0 Å². The van der Waals surface area contributed by atoms with Gasteiger partial charge in [-0.3, -0.25) is 4.79 Å². The highest BCUT2D eigenvalue weighted by atomic mass is 16.1. The highest BCUT2D eigenvalue weighted by molar-refractivity contribution is 5.91. The molecule has 18 heavy (non-hydrogen) atoms. The molecule has 3 heteroatoms. The van der Waals surface area contributed by atoms with Gasteiger partial charge in [0, 0.05) is 18.7 Å². The van der Waals surface area contributed by atoms with Gasteiger partial charge in [0.05, 0.1) is 0 Å². The van der Waals surface area contributed by atoms with Crippen LogP contribution in [-0.4, -0.2) is 19.0 Å². The highest BCUT2D eigenvalue weighted by Gasteiger charge is 2.03. The minimum atomic E-state index is 0.0660. The molecule has 0 aromatic heterocycles. The molecule has 0 bridgehead atoms. The van der Waals surface area contributed by atoms with E-state index in [0.717, 1.165) is 18.8 Å². The fraction of sp³-hybridized carbons (Fsp3) is 0.533. The van der Waals surface area contributed by atoms with Gasteiger partial charge in [-0.25, -0.2) is 0 Å². The summed E-state index contributed by atoms with van der Waals surface area (Å²) in [7, 11) is 0. The number of benzene rings is 1. The van der Waals surface area contributed by atoms with Crippen molar-refractivity contribution in [1.29, 1.82) is 0 Å². The van der Waals surface area contributed by atoms with Gasteiger partial charge < -0.3 is 10.6 Å². The largest absolute Gasteiger partial charge is 0.326 e. The summed E-state index contributed by atoms with van der Waals surface area (Å²) < 4.78 is 0. The number of anilines is 1. The number of amides is 1. The highest BCUT2D eigenvalue weighted by Crippen LogP contribution is 2.13. The molecule has 1 rings (SSSR count). The van der Waals surface area contributed by atoms with E-state index in [-0.39, 0.29) is 5.91 Å². The Kier molecular flexibility index (Phi) is 5.86. The second-order valence-corrected chi connectivity index (χ2v) is 5.27. The Morgan fingerprint density at radius 3 is 2.33 bits per heavy atom. The van der Waals surface area contributed by atoms with Gasteiger partial charge in [0.2, 0.25) is 5.91 Å². The maximum atomic E-state index is 11.7. The first-order valence-corrected chi connectivity index (χ1v) is 6.56. The van der Waals surface area contributed by atoms with E-state index in [1.807, 2.05) is 26.0 Å². The lowest BCUT2D eigenvalue weighted by Gasteiger charge is -2.09. The average molecular weight is 248 g/mol. The summed E-state index contributed by atoms with van der Waals surface area (Å²) in [6.07, 6.45) is 0.514. The van der Waals surface area contributed by atoms with Crippen LogP contribution in [0.25, 0.3) is 0 Å². The minimum Gasteiger partial charge on any atom is -0.326 e. The summed E-state index contributed by atoms with van der Waals surface area (Å²) in [6, 6.07) is 6.08. The number of hydrogen-bond acceptors (Lipinski definition) is 2. The van der Waals surface area contributed by atoms with Crippen LogP contribution < -0.4 is 10.6 Å². The van der Waals surface area contributed by atoms with Crippen LogP contribution in [0, 0.1) is 19.8 Å². The van der Waals surface area contributed by atoms with Gasteiger partial charge in [-0.2, -0.15) is 0 Å². The lowest BCUT2D eigenvalue weighted by molar-refractivity contribution is -0.116. The molecule has 0 aliphatic carbocycles. The molecule has 1 aromatic rings. The quantitative estimate of drug-likeness (QED) is 0.760. The van der Waals surface area contributed by atoms with E-state index in [9.17, 15) is 4.79 Å². The zero-order chi connectivity index (χ0) is 13.5. The van der Waals surface area contributed by atoms with Crippen molar-refractivity contribution in [3.8, 4) is 0 Å². The summed E-state index contributed by atoms with van der Waals surface area (Å²) in [4.78, 5) is 11.7. The van der Waals surface area contributed by atoms with Gasteiger partial charge in [-0.15, -0.1) is 0 Å². The van der Waals surface area contributed by atoms with E-state index in [4.69, 9.17) is 0 Å². The third-order valence-corrected chi connectivity index (χ3v) is 2.59. The normalized spacial score (nSPS) is 10.7. The van der Waals surface area contributed by atoms with Crippen molar-refractivity contribution in [3.63, 3.8) is 0 Å². The van der Waals surface area contributed by atoms with Crippen LogP contribution in [-0.2, 0) is 4.79 Å². The van der Waals surface area contributed by atoms with Crippen LogP contribution in [0.1, 0.15) is 31.4 Å². The Morgan fingerprint density at radius 2 is 1.78 bits per heavy atom. The van der Waals surface area contributed by atoms with Gasteiger partial charge in [0.1, 0.15) is 0 Å². The Hall–Kier alpha value is -1.35. The molecule has 0 saturated carbocycles. The topological polar surface area (TPSA) is 41.1 Å². The van der Waals surface area contributed by atoms with Crippen LogP contribution in [0.15, 0.2) is 18.2 Å². The Labute approximate surface area is 110 Å². The van der Waals surface area contributed by atoms with Crippen molar-refractivity contribution >= 4 is 11.6 Å². The summed E-state index contributed by atoms with van der Waals surface area (Å²) >= 11 is 0. The van der Waals surface area contributed by atoms with Crippen molar-refractivity contribution in [2.45, 2.75) is 34.1 Å². The third kappa shape index (κ3) is 5.82. The van der Waals surface area contributed by atoms with E-state index in [1.165, 1.54) is 11.1 Å². The van der Waals surface area contributed by atoms with Crippen molar-refractivity contribution in [1.82, 2.24) is 5.32 Å². The van der Waals surface area contributed by atoms with Gasteiger partial charge in [-0.05, 0) is 49.6 Å². The van der Waals surface area contributed by atoms with Crippen molar-refractivity contribution in [2.75, 3.05) is 18.4 Å². The lowest BCUT2D eigenvalue weighted by atomic mass is 10.1. The lowest BCUT2D eigenvalue weighted by Crippen LogP contribution is -2.24. The molecule has 2 N–H and O–H groups in total. The Balaban J connectivity index is 2.35. The monoisotopic (exact) mass is 248 g/mol. The van der Waals surface area contributed by atoms with Crippen LogP contribution in [0.5, 0.6) is 0 Å². The van der Waals surface area contributed by atoms with E-state index in [1.54, 1.807) is 0 Å². The molecule has 3 nitrogen and oxygen atoms in total. The van der Waals surface area contributed by atoms with E-state index in [2.05, 4.69) is 30.5 Å². The summed E-state index contributed by atoms with van der Waals surface area (Å²) in [6.45, 7) is 10.1. The predicted molar refractivity (Wildman–Crippen MR) is 76.9 cm³/mol. The zero-order valence-electron chi connectivity index (χ0n) is 11.8. The van der Waals surface area contributed by atoms with Crippen LogP contribution in [0.3, 0.4) is 0 Å². The van der Waals surface area contributed by atoms with Crippen LogP contribution in [0.2, 0.25) is 0 Å². The maximum Gasteiger partial charge on any atom is 0.225 e. The molecule has 0 fully saturated rings. The molecule has 0 heterocycles. The molecule has 0 aliphatic heterocycles. The van der Waals surface area contributed by atoms with Gasteiger partial charge in [0.25, 0.3) is 0 Å². The smallest absolute Gasteiger partial charge is 0.225 e. The summed E-state index contributed by atoms with van der Waals surface area (Å²) in [5.74, 6) is 0.684. The first-order valence-electron chi connectivity index (χ1n) is 6.56. The van der Waals surface area contributed by atoms with Crippen LogP contribution in [0.4, 0.5) is 5.69 Å². The molecule has 0 atom stereocenters. The van der Waals surface area contributed by atoms with Gasteiger partial charge in [0.15, 0.2) is 0 Å². The van der Waals surface area contributed by atoms with E-state index in [0.29, 0.717) is 12.3 Å². The second kappa shape index (κ2) is 7.17. The molecular formula is C15H24N2O. The predicted octanol–water partition coefficient (Wildman–Crippen LogP) is 2.88. The summed E-state index contributed by atoms with van der Waals surface area (Å²) in [5, 5.41) is 6.20. The van der Waals surface area contributed by atoms with Crippen molar-refractivity contribution < 1.29 is 4.79 Å². The zero-order valence-corrected chi connectivity index (χ0v) is 11.8. The molecule has 0 radical (unpaired) electrons. The fourth-order valence-electron chi connectivity index (χ4n) is 1.86. The molecule has 0 unspecified atom stereocenters. The summed E-state index contributed by atoms with van der Waals surface area (Å²) in [5.41, 5.74) is 3.23. The minimum absolute atomic E-state index is 0.0660. The number of hydrogen-bond donors (Lipinski definition) is 2. The van der Waals surface area contributed by atoms with Crippen molar-refractivity contribution in [3.05, 3.63) is 29.3 Å². The second-order valence-electron chi connectivity index (χ2n) is 5.27. The number of nitrogens with one attached hydrogen (secondary N) is 2. The Bertz CT molecular complexity index is 379. The SMILES string of the molecule is Cc1cc(C)cc(NC(=O)CCNCC(C)C)c1. The Morgan fingerprint density at radius 1 is 1.17 bits per heavy atom. The molecule has 0 saturated heterocycles. The number of aryl methyl sites for hydroxylation is 2. The maximum absolute atomic E-state index is 11.7. The molecular weight excluding hydrogens is 224 g/mol. The van der Waals surface area contributed by atoms with E-state index < -0.39 is 0 Å². The average Bonchev–Trinajstić information content (AvgIpc) is 2.22. The molecule has 100 valence electrons. The standard InChI is InChI=1S/C15H24N2O/c1-11(2)10-16-6-5-15(18)17-14-8-12(3)7-13(4)9-14/h7-9,11,16H,5-6,10H2,1-4H3,(H,17,18).